The number of hydrogen-bond donors (Lipinski definition) is 2. The number of nitrogens with zero attached hydrogens (tertiary/aromatic N) is 2. The number of halogens is 1. The highest BCUT2D eigenvalue weighted by molar-refractivity contribution is 14.0. The van der Waals surface area contributed by atoms with Crippen LogP contribution in [0.5, 0.6) is 5.75 Å². The van der Waals surface area contributed by atoms with Gasteiger partial charge >= 0.3 is 0 Å². The number of aliphatic imine (C=N–C) groups is 1. The van der Waals surface area contributed by atoms with Gasteiger partial charge in [0, 0.05) is 45.7 Å². The van der Waals surface area contributed by atoms with Crippen molar-refractivity contribution in [1.82, 2.24) is 15.5 Å². The lowest BCUT2D eigenvalue weighted by atomic mass is 10.2. The maximum absolute atomic E-state index is 5.79. The molecule has 0 saturated carbocycles. The van der Waals surface area contributed by atoms with Crippen molar-refractivity contribution >= 4 is 29.9 Å². The minimum absolute atomic E-state index is 0. The molecule has 0 spiro atoms. The van der Waals surface area contributed by atoms with Crippen LogP contribution in [0.1, 0.15) is 17.7 Å². The predicted molar refractivity (Wildman–Crippen MR) is 141 cm³/mol. The van der Waals surface area contributed by atoms with Crippen LogP contribution < -0.4 is 15.4 Å². The lowest BCUT2D eigenvalue weighted by molar-refractivity contribution is 0.0377. The number of rotatable bonds is 13. The molecule has 0 aliphatic carbocycles. The number of morpholine rings is 1. The zero-order valence-electron chi connectivity index (χ0n) is 19.5. The second-order valence-electron chi connectivity index (χ2n) is 7.62. The first-order valence-electron chi connectivity index (χ1n) is 11.4. The van der Waals surface area contributed by atoms with Crippen molar-refractivity contribution in [3.8, 4) is 5.75 Å². The topological polar surface area (TPSA) is 80.5 Å². The minimum atomic E-state index is 0. The molecule has 33 heavy (non-hydrogen) atoms. The lowest BCUT2D eigenvalue weighted by Gasteiger charge is -2.26. The molecule has 1 fully saturated rings. The van der Waals surface area contributed by atoms with Crippen molar-refractivity contribution in [3.05, 3.63) is 54.0 Å². The van der Waals surface area contributed by atoms with Crippen molar-refractivity contribution in [1.29, 1.82) is 0 Å². The Balaban J connectivity index is 0.00000385. The van der Waals surface area contributed by atoms with Crippen LogP contribution in [0, 0.1) is 0 Å². The lowest BCUT2D eigenvalue weighted by Crippen LogP contribution is -2.40. The summed E-state index contributed by atoms with van der Waals surface area (Å²) in [5.74, 6) is 2.63. The van der Waals surface area contributed by atoms with Crippen LogP contribution in [0.25, 0.3) is 0 Å². The van der Waals surface area contributed by atoms with Gasteiger partial charge in [0.05, 0.1) is 39.8 Å². The van der Waals surface area contributed by atoms with E-state index in [1.807, 2.05) is 36.4 Å². The minimum Gasteiger partial charge on any atom is -0.497 e. The van der Waals surface area contributed by atoms with Gasteiger partial charge in [-0.15, -0.1) is 24.0 Å². The smallest absolute Gasteiger partial charge is 0.191 e. The van der Waals surface area contributed by atoms with Crippen LogP contribution in [0.4, 0.5) is 0 Å². The Morgan fingerprint density at radius 1 is 1.09 bits per heavy atom. The second kappa shape index (κ2) is 16.7. The van der Waals surface area contributed by atoms with Gasteiger partial charge in [-0.05, 0) is 36.2 Å². The highest BCUT2D eigenvalue weighted by Crippen LogP contribution is 2.11. The molecule has 2 N–H and O–H groups in total. The van der Waals surface area contributed by atoms with Crippen LogP contribution in [-0.2, 0) is 22.5 Å². The fourth-order valence-electron chi connectivity index (χ4n) is 3.40. The molecular formula is C24H37IN4O4. The second-order valence-corrected chi connectivity index (χ2v) is 7.62. The third kappa shape index (κ3) is 11.2. The van der Waals surface area contributed by atoms with Gasteiger partial charge in [-0.3, -0.25) is 9.89 Å². The number of hydrogen-bond acceptors (Lipinski definition) is 6. The molecule has 0 atom stereocenters. The number of furan rings is 1. The molecule has 0 radical (unpaired) electrons. The van der Waals surface area contributed by atoms with Gasteiger partial charge < -0.3 is 29.3 Å². The van der Waals surface area contributed by atoms with E-state index in [-0.39, 0.29) is 24.0 Å². The Hall–Kier alpha value is -1.82. The Morgan fingerprint density at radius 2 is 1.88 bits per heavy atom. The van der Waals surface area contributed by atoms with Gasteiger partial charge in [0.1, 0.15) is 11.5 Å². The first-order chi connectivity index (χ1) is 15.8. The van der Waals surface area contributed by atoms with E-state index < -0.39 is 0 Å². The third-order valence-electron chi connectivity index (χ3n) is 5.22. The largest absolute Gasteiger partial charge is 0.497 e. The number of ether oxygens (including phenoxy) is 3. The van der Waals surface area contributed by atoms with Crippen LogP contribution in [0.15, 0.2) is 52.1 Å². The van der Waals surface area contributed by atoms with Crippen LogP contribution in [0.3, 0.4) is 0 Å². The van der Waals surface area contributed by atoms with E-state index in [1.165, 1.54) is 0 Å². The van der Waals surface area contributed by atoms with Crippen LogP contribution in [0.2, 0.25) is 0 Å². The fourth-order valence-corrected chi connectivity index (χ4v) is 3.40. The van der Waals surface area contributed by atoms with E-state index in [0.717, 1.165) is 81.8 Å². The summed E-state index contributed by atoms with van der Waals surface area (Å²) >= 11 is 0. The summed E-state index contributed by atoms with van der Waals surface area (Å²) in [6.07, 6.45) is 3.54. The monoisotopic (exact) mass is 572 g/mol. The fraction of sp³-hybridized carbons (Fsp3) is 0.542. The molecule has 2 aromatic rings. The Morgan fingerprint density at radius 3 is 2.61 bits per heavy atom. The summed E-state index contributed by atoms with van der Waals surface area (Å²) in [6, 6.07) is 11.8. The first-order valence-corrected chi connectivity index (χ1v) is 11.4. The van der Waals surface area contributed by atoms with Crippen molar-refractivity contribution in [3.63, 3.8) is 0 Å². The van der Waals surface area contributed by atoms with E-state index in [0.29, 0.717) is 19.8 Å². The SMILES string of the molecule is COc1ccc(COCCNC(=NCCCN2CCOCC2)NCCc2ccco2)cc1.I. The van der Waals surface area contributed by atoms with Crippen molar-refractivity contribution < 1.29 is 18.6 Å². The molecule has 1 aliphatic heterocycles. The van der Waals surface area contributed by atoms with Crippen LogP contribution in [-0.4, -0.2) is 77.1 Å². The van der Waals surface area contributed by atoms with E-state index in [2.05, 4.69) is 15.5 Å². The molecule has 184 valence electrons. The van der Waals surface area contributed by atoms with Crippen molar-refractivity contribution in [2.75, 3.05) is 66.2 Å². The number of benzene rings is 1. The van der Waals surface area contributed by atoms with E-state index >= 15 is 0 Å². The van der Waals surface area contributed by atoms with Gasteiger partial charge in [-0.2, -0.15) is 0 Å². The predicted octanol–water partition coefficient (Wildman–Crippen LogP) is 2.92. The Labute approximate surface area is 214 Å². The molecule has 1 aromatic carbocycles. The molecule has 0 amide bonds. The van der Waals surface area contributed by atoms with Gasteiger partial charge in [-0.25, -0.2) is 0 Å². The molecule has 2 heterocycles. The molecule has 8 nitrogen and oxygen atoms in total. The number of methoxy groups -OCH3 is 1. The average Bonchev–Trinajstić information content (AvgIpc) is 3.36. The van der Waals surface area contributed by atoms with Gasteiger partial charge in [-0.1, -0.05) is 12.1 Å². The summed E-state index contributed by atoms with van der Waals surface area (Å²) in [7, 11) is 1.67. The summed E-state index contributed by atoms with van der Waals surface area (Å²) in [5.41, 5.74) is 1.12. The van der Waals surface area contributed by atoms with E-state index in [4.69, 9.17) is 23.6 Å². The van der Waals surface area contributed by atoms with Gasteiger partial charge in [0.2, 0.25) is 0 Å². The molecule has 1 saturated heterocycles. The highest BCUT2D eigenvalue weighted by Gasteiger charge is 2.09. The van der Waals surface area contributed by atoms with E-state index in [9.17, 15) is 0 Å². The summed E-state index contributed by atoms with van der Waals surface area (Å²) in [4.78, 5) is 7.17. The highest BCUT2D eigenvalue weighted by atomic mass is 127. The average molecular weight is 572 g/mol. The quantitative estimate of drug-likeness (QED) is 0.165. The maximum Gasteiger partial charge on any atom is 0.191 e. The summed E-state index contributed by atoms with van der Waals surface area (Å²) in [6.45, 7) is 8.15. The molecule has 0 unspecified atom stereocenters. The number of guanidine groups is 1. The summed E-state index contributed by atoms with van der Waals surface area (Å²) in [5, 5.41) is 6.77. The first kappa shape index (κ1) is 27.4. The molecule has 9 heteroatoms. The normalized spacial score (nSPS) is 14.5. The molecule has 3 rings (SSSR count). The van der Waals surface area contributed by atoms with Crippen molar-refractivity contribution in [2.24, 2.45) is 4.99 Å². The summed E-state index contributed by atoms with van der Waals surface area (Å²) < 4.78 is 21.8. The number of nitrogens with one attached hydrogen (secondary N) is 2. The van der Waals surface area contributed by atoms with Gasteiger partial charge in [0.15, 0.2) is 5.96 Å². The molecule has 0 bridgehead atoms. The van der Waals surface area contributed by atoms with E-state index in [1.54, 1.807) is 13.4 Å². The molecule has 1 aromatic heterocycles. The third-order valence-corrected chi connectivity index (χ3v) is 5.22. The zero-order valence-corrected chi connectivity index (χ0v) is 21.8. The maximum atomic E-state index is 5.79. The van der Waals surface area contributed by atoms with Crippen molar-refractivity contribution in [2.45, 2.75) is 19.4 Å². The standard InChI is InChI=1S/C24H36N4O4.HI/c1-29-22-7-5-21(6-8-22)20-31-17-12-27-24(26-11-9-23-4-2-16-32-23)25-10-3-13-28-14-18-30-19-15-28;/h2,4-8,16H,3,9-15,17-20H2,1H3,(H2,25,26,27);1H. The molecule has 1 aliphatic rings. The Kier molecular flexibility index (Phi) is 13.9. The van der Waals surface area contributed by atoms with Gasteiger partial charge in [0.25, 0.3) is 0 Å². The molecular weight excluding hydrogens is 535 g/mol. The van der Waals surface area contributed by atoms with Crippen LogP contribution >= 0.6 is 24.0 Å². The zero-order chi connectivity index (χ0) is 22.3. The Bertz CT molecular complexity index is 765.